The van der Waals surface area contributed by atoms with E-state index in [-0.39, 0.29) is 5.69 Å². The molecule has 86 valence electrons. The van der Waals surface area contributed by atoms with Crippen molar-refractivity contribution in [1.29, 1.82) is 0 Å². The van der Waals surface area contributed by atoms with Gasteiger partial charge in [0.25, 0.3) is 5.69 Å². The topological polar surface area (TPSA) is 66.6 Å². The van der Waals surface area contributed by atoms with Crippen molar-refractivity contribution in [3.8, 4) is 0 Å². The molecule has 16 heavy (non-hydrogen) atoms. The normalized spacial score (nSPS) is 18.1. The largest absolute Gasteiger partial charge is 0.386 e. The zero-order valence-electron chi connectivity index (χ0n) is 8.68. The van der Waals surface area contributed by atoms with Gasteiger partial charge < -0.3 is 10.0 Å². The number of nitrogens with zero attached hydrogens (tertiary/aromatic N) is 2. The van der Waals surface area contributed by atoms with Gasteiger partial charge in [0.05, 0.1) is 16.2 Å². The molecule has 0 aliphatic carbocycles. The molecule has 0 unspecified atom stereocenters. The molecule has 1 N–H and O–H groups in total. The van der Waals surface area contributed by atoms with Crippen LogP contribution in [-0.4, -0.2) is 28.7 Å². The summed E-state index contributed by atoms with van der Waals surface area (Å²) in [6.07, 6.45) is 0. The van der Waals surface area contributed by atoms with E-state index in [1.54, 1.807) is 19.1 Å². The van der Waals surface area contributed by atoms with Gasteiger partial charge in [0.15, 0.2) is 0 Å². The molecule has 0 amide bonds. The van der Waals surface area contributed by atoms with Crippen LogP contribution in [0, 0.1) is 13.7 Å². The van der Waals surface area contributed by atoms with Gasteiger partial charge in [0, 0.05) is 28.8 Å². The summed E-state index contributed by atoms with van der Waals surface area (Å²) in [4.78, 5) is 12.2. The lowest BCUT2D eigenvalue weighted by Gasteiger charge is -2.46. The number of hydrogen-bond acceptors (Lipinski definition) is 4. The first-order valence-electron chi connectivity index (χ1n) is 4.80. The average Bonchev–Trinajstić information content (AvgIpc) is 2.13. The van der Waals surface area contributed by atoms with Crippen molar-refractivity contribution in [2.75, 3.05) is 18.0 Å². The standard InChI is InChI=1S/C10H11IN2O3/c1-10(14)5-12(6-10)9-3-2-7(13(15)16)4-8(9)11/h2-4,14H,5-6H2,1H3. The van der Waals surface area contributed by atoms with Gasteiger partial charge in [-0.25, -0.2) is 0 Å². The van der Waals surface area contributed by atoms with Crippen molar-refractivity contribution in [3.05, 3.63) is 31.9 Å². The summed E-state index contributed by atoms with van der Waals surface area (Å²) in [6, 6.07) is 4.77. The first kappa shape index (κ1) is 11.6. The fourth-order valence-electron chi connectivity index (χ4n) is 1.81. The third-order valence-electron chi connectivity index (χ3n) is 2.55. The van der Waals surface area contributed by atoms with Crippen LogP contribution in [0.4, 0.5) is 11.4 Å². The van der Waals surface area contributed by atoms with Gasteiger partial charge in [-0.05, 0) is 35.6 Å². The van der Waals surface area contributed by atoms with E-state index in [0.29, 0.717) is 13.1 Å². The molecule has 1 aliphatic heterocycles. The van der Waals surface area contributed by atoms with Crippen molar-refractivity contribution in [2.24, 2.45) is 0 Å². The molecule has 6 heteroatoms. The zero-order valence-corrected chi connectivity index (χ0v) is 10.8. The van der Waals surface area contributed by atoms with Crippen LogP contribution >= 0.6 is 22.6 Å². The van der Waals surface area contributed by atoms with E-state index in [1.807, 2.05) is 4.90 Å². The van der Waals surface area contributed by atoms with Crippen LogP contribution in [0.3, 0.4) is 0 Å². The number of hydrogen-bond donors (Lipinski definition) is 1. The predicted molar refractivity (Wildman–Crippen MR) is 68.7 cm³/mol. The second kappa shape index (κ2) is 3.85. The molecular formula is C10H11IN2O3. The van der Waals surface area contributed by atoms with E-state index >= 15 is 0 Å². The molecule has 1 aromatic rings. The zero-order chi connectivity index (χ0) is 11.9. The molecule has 0 saturated carbocycles. The number of rotatable bonds is 2. The average molecular weight is 334 g/mol. The number of nitro benzene ring substituents is 1. The number of aliphatic hydroxyl groups is 1. The van der Waals surface area contributed by atoms with Crippen molar-refractivity contribution in [1.82, 2.24) is 0 Å². The van der Waals surface area contributed by atoms with Gasteiger partial charge in [-0.2, -0.15) is 0 Å². The molecule has 0 radical (unpaired) electrons. The maximum absolute atomic E-state index is 10.6. The highest BCUT2D eigenvalue weighted by atomic mass is 127. The quantitative estimate of drug-likeness (QED) is 0.509. The molecule has 5 nitrogen and oxygen atoms in total. The molecule has 0 spiro atoms. The molecule has 0 aromatic heterocycles. The summed E-state index contributed by atoms with van der Waals surface area (Å²) in [5.41, 5.74) is 0.406. The van der Waals surface area contributed by atoms with Crippen LogP contribution < -0.4 is 4.90 Å². The number of β-amino-alcohol motifs (C(OH)–C–C–N with tert-alkyl or cyclic N) is 1. The molecular weight excluding hydrogens is 323 g/mol. The maximum Gasteiger partial charge on any atom is 0.270 e. The Kier molecular flexibility index (Phi) is 2.79. The summed E-state index contributed by atoms with van der Waals surface area (Å²) in [5, 5.41) is 20.2. The second-order valence-corrected chi connectivity index (χ2v) is 5.41. The number of nitro groups is 1. The highest BCUT2D eigenvalue weighted by molar-refractivity contribution is 14.1. The number of non-ortho nitro benzene ring substituents is 1. The van der Waals surface area contributed by atoms with Gasteiger partial charge in [-0.1, -0.05) is 0 Å². The summed E-state index contributed by atoms with van der Waals surface area (Å²) >= 11 is 2.08. The van der Waals surface area contributed by atoms with E-state index in [9.17, 15) is 15.2 Å². The minimum absolute atomic E-state index is 0.0976. The summed E-state index contributed by atoms with van der Waals surface area (Å²) in [5.74, 6) is 0. The van der Waals surface area contributed by atoms with Gasteiger partial charge in [-0.3, -0.25) is 10.1 Å². The summed E-state index contributed by atoms with van der Waals surface area (Å²) in [7, 11) is 0. The lowest BCUT2D eigenvalue weighted by molar-refractivity contribution is -0.384. The van der Waals surface area contributed by atoms with Crippen LogP contribution in [0.25, 0.3) is 0 Å². The predicted octanol–water partition coefficient (Wildman–Crippen LogP) is 1.77. The van der Waals surface area contributed by atoms with Crippen LogP contribution in [0.1, 0.15) is 6.92 Å². The molecule has 1 heterocycles. The first-order chi connectivity index (χ1) is 7.39. The third-order valence-corrected chi connectivity index (χ3v) is 3.41. The van der Waals surface area contributed by atoms with E-state index < -0.39 is 10.5 Å². The highest BCUT2D eigenvalue weighted by Gasteiger charge is 2.37. The fraction of sp³-hybridized carbons (Fsp3) is 0.400. The Morgan fingerprint density at radius 1 is 1.56 bits per heavy atom. The number of halogens is 1. The van der Waals surface area contributed by atoms with Crippen molar-refractivity contribution in [2.45, 2.75) is 12.5 Å². The minimum atomic E-state index is -0.634. The van der Waals surface area contributed by atoms with Crippen LogP contribution in [0.5, 0.6) is 0 Å². The van der Waals surface area contributed by atoms with Crippen molar-refractivity contribution >= 4 is 34.0 Å². The van der Waals surface area contributed by atoms with E-state index in [4.69, 9.17) is 0 Å². The van der Waals surface area contributed by atoms with Gasteiger partial charge in [0.2, 0.25) is 0 Å². The smallest absolute Gasteiger partial charge is 0.270 e. The van der Waals surface area contributed by atoms with E-state index in [0.717, 1.165) is 9.26 Å². The summed E-state index contributed by atoms with van der Waals surface area (Å²) in [6.45, 7) is 2.92. The lowest BCUT2D eigenvalue weighted by Crippen LogP contribution is -2.60. The number of benzene rings is 1. The maximum atomic E-state index is 10.6. The summed E-state index contributed by atoms with van der Waals surface area (Å²) < 4.78 is 0.835. The van der Waals surface area contributed by atoms with Crippen LogP contribution in [-0.2, 0) is 0 Å². The van der Waals surface area contributed by atoms with Crippen molar-refractivity contribution < 1.29 is 10.0 Å². The molecule has 2 rings (SSSR count). The lowest BCUT2D eigenvalue weighted by atomic mass is 9.96. The SMILES string of the molecule is CC1(O)CN(c2ccc([N+](=O)[O-])cc2I)C1. The second-order valence-electron chi connectivity index (χ2n) is 4.25. The minimum Gasteiger partial charge on any atom is -0.386 e. The van der Waals surface area contributed by atoms with E-state index in [1.165, 1.54) is 6.07 Å². The first-order valence-corrected chi connectivity index (χ1v) is 5.88. The Labute approximate surface area is 106 Å². The van der Waals surface area contributed by atoms with Gasteiger partial charge >= 0.3 is 0 Å². The number of anilines is 1. The Morgan fingerprint density at radius 3 is 2.62 bits per heavy atom. The van der Waals surface area contributed by atoms with Gasteiger partial charge in [-0.15, -0.1) is 0 Å². The molecule has 1 saturated heterocycles. The third kappa shape index (κ3) is 2.12. The Morgan fingerprint density at radius 2 is 2.19 bits per heavy atom. The Bertz CT molecular complexity index is 440. The molecule has 1 aromatic carbocycles. The molecule has 0 atom stereocenters. The van der Waals surface area contributed by atoms with Gasteiger partial charge in [0.1, 0.15) is 0 Å². The Balaban J connectivity index is 2.21. The van der Waals surface area contributed by atoms with Crippen molar-refractivity contribution in [3.63, 3.8) is 0 Å². The van der Waals surface area contributed by atoms with Crippen LogP contribution in [0.2, 0.25) is 0 Å². The highest BCUT2D eigenvalue weighted by Crippen LogP contribution is 2.32. The molecule has 0 bridgehead atoms. The monoisotopic (exact) mass is 334 g/mol. The fourth-order valence-corrected chi connectivity index (χ4v) is 2.65. The van der Waals surface area contributed by atoms with E-state index in [2.05, 4.69) is 22.6 Å². The van der Waals surface area contributed by atoms with Crippen LogP contribution in [0.15, 0.2) is 18.2 Å². The molecule has 1 fully saturated rings. The Hall–Kier alpha value is -0.890. The molecule has 1 aliphatic rings.